The molecule has 0 bridgehead atoms. The van der Waals surface area contributed by atoms with Crippen molar-refractivity contribution < 1.29 is 9.53 Å². The first-order chi connectivity index (χ1) is 12.9. The minimum atomic E-state index is -0.0391. The summed E-state index contributed by atoms with van der Waals surface area (Å²) in [4.78, 5) is 19.3. The van der Waals surface area contributed by atoms with E-state index in [0.29, 0.717) is 36.6 Å². The van der Waals surface area contributed by atoms with Crippen LogP contribution < -0.4 is 0 Å². The van der Waals surface area contributed by atoms with Crippen molar-refractivity contribution in [3.63, 3.8) is 0 Å². The topological polar surface area (TPSA) is 52.3 Å². The fraction of sp³-hybridized carbons (Fsp3) is 0.400. The van der Waals surface area contributed by atoms with Crippen molar-refractivity contribution in [1.82, 2.24) is 19.0 Å². The molecule has 1 aromatic carbocycles. The summed E-state index contributed by atoms with van der Waals surface area (Å²) in [6.07, 6.45) is 2.04. The lowest BCUT2D eigenvalue weighted by molar-refractivity contribution is 0.0675. The van der Waals surface area contributed by atoms with Gasteiger partial charge in [0.05, 0.1) is 24.2 Å². The van der Waals surface area contributed by atoms with Crippen molar-refractivity contribution >= 4 is 28.5 Å². The summed E-state index contributed by atoms with van der Waals surface area (Å²) in [6.45, 7) is 5.78. The number of aromatic nitrogens is 3. The van der Waals surface area contributed by atoms with E-state index in [-0.39, 0.29) is 5.91 Å². The molecular weight excluding hydrogens is 364 g/mol. The summed E-state index contributed by atoms with van der Waals surface area (Å²) in [5, 5.41) is 0.403. The second-order valence-electron chi connectivity index (χ2n) is 6.86. The van der Waals surface area contributed by atoms with E-state index in [1.807, 2.05) is 36.3 Å². The third kappa shape index (κ3) is 4.01. The molecule has 0 aliphatic heterocycles. The first-order valence-corrected chi connectivity index (χ1v) is 9.36. The molecule has 0 N–H and O–H groups in total. The predicted molar refractivity (Wildman–Crippen MR) is 107 cm³/mol. The molecule has 0 fully saturated rings. The molecule has 7 heteroatoms. The largest absolute Gasteiger partial charge is 0.383 e. The summed E-state index contributed by atoms with van der Waals surface area (Å²) in [5.41, 5.74) is 3.32. The number of rotatable bonds is 7. The van der Waals surface area contributed by atoms with Crippen LogP contribution in [0.1, 0.15) is 35.9 Å². The van der Waals surface area contributed by atoms with Crippen LogP contribution in [0.5, 0.6) is 0 Å². The molecule has 0 aliphatic rings. The fourth-order valence-corrected chi connectivity index (χ4v) is 3.37. The lowest BCUT2D eigenvalue weighted by atomic mass is 10.1. The van der Waals surface area contributed by atoms with Gasteiger partial charge in [0.25, 0.3) is 5.91 Å². The maximum atomic E-state index is 13.2. The van der Waals surface area contributed by atoms with Crippen molar-refractivity contribution in [1.29, 1.82) is 0 Å². The van der Waals surface area contributed by atoms with Crippen molar-refractivity contribution in [3.8, 4) is 0 Å². The second-order valence-corrected chi connectivity index (χ2v) is 7.20. The molecule has 3 rings (SSSR count). The maximum absolute atomic E-state index is 13.2. The number of hydrogen-bond donors (Lipinski definition) is 0. The molecule has 1 amide bonds. The van der Waals surface area contributed by atoms with E-state index in [0.717, 1.165) is 16.7 Å². The molecular formula is C20H25ClN4O2. The zero-order valence-corrected chi connectivity index (χ0v) is 16.9. The van der Waals surface area contributed by atoms with Gasteiger partial charge in [-0.15, -0.1) is 0 Å². The maximum Gasteiger partial charge on any atom is 0.254 e. The van der Waals surface area contributed by atoms with Crippen LogP contribution in [-0.4, -0.2) is 45.2 Å². The number of ether oxygens (including phenoxy) is 1. The quantitative estimate of drug-likeness (QED) is 0.616. The van der Waals surface area contributed by atoms with E-state index < -0.39 is 0 Å². The average molecular weight is 389 g/mol. The molecule has 0 radical (unpaired) electrons. The van der Waals surface area contributed by atoms with Gasteiger partial charge in [-0.1, -0.05) is 0 Å². The van der Waals surface area contributed by atoms with E-state index in [1.165, 1.54) is 0 Å². The van der Waals surface area contributed by atoms with Crippen LogP contribution in [0.15, 0.2) is 36.5 Å². The van der Waals surface area contributed by atoms with Gasteiger partial charge in [0.15, 0.2) is 0 Å². The molecule has 2 heterocycles. The molecule has 0 saturated carbocycles. The van der Waals surface area contributed by atoms with Gasteiger partial charge in [-0.05, 0) is 55.8 Å². The highest BCUT2D eigenvalue weighted by atomic mass is 35.5. The van der Waals surface area contributed by atoms with Gasteiger partial charge in [-0.2, -0.15) is 0 Å². The Morgan fingerprint density at radius 1 is 1.33 bits per heavy atom. The van der Waals surface area contributed by atoms with Crippen molar-refractivity contribution in [2.75, 3.05) is 20.3 Å². The summed E-state index contributed by atoms with van der Waals surface area (Å²) in [6, 6.07) is 9.88. The predicted octanol–water partition coefficient (Wildman–Crippen LogP) is 3.90. The Bertz CT molecular complexity index is 945. The monoisotopic (exact) mass is 388 g/mol. The Kier molecular flexibility index (Phi) is 5.87. The molecule has 27 heavy (non-hydrogen) atoms. The van der Waals surface area contributed by atoms with Gasteiger partial charge in [-0.25, -0.2) is 4.98 Å². The Labute approximate surface area is 164 Å². The minimum Gasteiger partial charge on any atom is -0.383 e. The van der Waals surface area contributed by atoms with E-state index in [4.69, 9.17) is 16.3 Å². The van der Waals surface area contributed by atoms with Gasteiger partial charge in [0, 0.05) is 44.2 Å². The standard InChI is InChI=1S/C20H25ClN4O2/c1-14(2)25-9-5-6-16(25)13-24(10-11-27-4)19(26)15-7-8-17-18(12-15)23(3)20(21)22-17/h5-9,12,14H,10-11,13H2,1-4H3. The smallest absolute Gasteiger partial charge is 0.254 e. The number of imidazole rings is 1. The third-order valence-electron chi connectivity index (χ3n) is 4.70. The number of hydrogen-bond acceptors (Lipinski definition) is 3. The zero-order valence-electron chi connectivity index (χ0n) is 16.1. The van der Waals surface area contributed by atoms with Gasteiger partial charge in [0.2, 0.25) is 5.28 Å². The third-order valence-corrected chi connectivity index (χ3v) is 5.04. The lowest BCUT2D eigenvalue weighted by Gasteiger charge is -2.24. The normalized spacial score (nSPS) is 11.5. The molecule has 0 unspecified atom stereocenters. The molecule has 3 aromatic rings. The number of carbonyl (C=O) groups excluding carboxylic acids is 1. The van der Waals surface area contributed by atoms with Crippen LogP contribution in [0, 0.1) is 0 Å². The highest BCUT2D eigenvalue weighted by Gasteiger charge is 2.19. The number of amides is 1. The highest BCUT2D eigenvalue weighted by molar-refractivity contribution is 6.29. The zero-order chi connectivity index (χ0) is 19.6. The van der Waals surface area contributed by atoms with Crippen LogP contribution in [0.4, 0.5) is 0 Å². The highest BCUT2D eigenvalue weighted by Crippen LogP contribution is 2.21. The molecule has 2 aromatic heterocycles. The molecule has 144 valence electrons. The van der Waals surface area contributed by atoms with Crippen molar-refractivity contribution in [2.45, 2.75) is 26.4 Å². The van der Waals surface area contributed by atoms with Gasteiger partial charge < -0.3 is 18.8 Å². The number of halogens is 1. The number of fused-ring (bicyclic) bond motifs is 1. The first-order valence-electron chi connectivity index (χ1n) is 8.98. The number of aryl methyl sites for hydroxylation is 1. The van der Waals surface area contributed by atoms with Crippen LogP contribution >= 0.6 is 11.6 Å². The second kappa shape index (κ2) is 8.15. The lowest BCUT2D eigenvalue weighted by Crippen LogP contribution is -2.34. The van der Waals surface area contributed by atoms with Crippen molar-refractivity contribution in [3.05, 3.63) is 53.1 Å². The van der Waals surface area contributed by atoms with Crippen LogP contribution in [0.25, 0.3) is 11.0 Å². The number of methoxy groups -OCH3 is 1. The molecule has 0 saturated heterocycles. The summed E-state index contributed by atoms with van der Waals surface area (Å²) < 4.78 is 9.17. The van der Waals surface area contributed by atoms with E-state index in [1.54, 1.807) is 17.7 Å². The SMILES string of the molecule is COCCN(Cc1cccn1C(C)C)C(=O)c1ccc2nc(Cl)n(C)c2c1. The van der Waals surface area contributed by atoms with E-state index >= 15 is 0 Å². The molecule has 0 atom stereocenters. The van der Waals surface area contributed by atoms with Gasteiger partial charge >= 0.3 is 0 Å². The molecule has 0 aliphatic carbocycles. The van der Waals surface area contributed by atoms with Crippen LogP contribution in [0.3, 0.4) is 0 Å². The molecule has 6 nitrogen and oxygen atoms in total. The van der Waals surface area contributed by atoms with Crippen LogP contribution in [-0.2, 0) is 18.3 Å². The van der Waals surface area contributed by atoms with Crippen molar-refractivity contribution in [2.24, 2.45) is 7.05 Å². The van der Waals surface area contributed by atoms with Gasteiger partial charge in [-0.3, -0.25) is 4.79 Å². The Hall–Kier alpha value is -2.31. The summed E-state index contributed by atoms with van der Waals surface area (Å²) in [7, 11) is 3.48. The minimum absolute atomic E-state index is 0.0391. The number of nitrogens with zero attached hydrogens (tertiary/aromatic N) is 4. The van der Waals surface area contributed by atoms with Crippen LogP contribution in [0.2, 0.25) is 5.28 Å². The Morgan fingerprint density at radius 3 is 2.81 bits per heavy atom. The fourth-order valence-electron chi connectivity index (χ4n) is 3.19. The number of benzene rings is 1. The average Bonchev–Trinajstić information content (AvgIpc) is 3.22. The van der Waals surface area contributed by atoms with E-state index in [2.05, 4.69) is 29.5 Å². The number of carbonyl (C=O) groups is 1. The Balaban J connectivity index is 1.91. The van der Waals surface area contributed by atoms with Gasteiger partial charge in [0.1, 0.15) is 0 Å². The molecule has 0 spiro atoms. The summed E-state index contributed by atoms with van der Waals surface area (Å²) >= 11 is 6.09. The van der Waals surface area contributed by atoms with E-state index in [9.17, 15) is 4.79 Å². The summed E-state index contributed by atoms with van der Waals surface area (Å²) in [5.74, 6) is -0.0391. The Morgan fingerprint density at radius 2 is 2.11 bits per heavy atom. The first kappa shape index (κ1) is 19.5.